The van der Waals surface area contributed by atoms with Gasteiger partial charge in [-0.15, -0.1) is 0 Å². The summed E-state index contributed by atoms with van der Waals surface area (Å²) in [5.41, 5.74) is 5.56. The van der Waals surface area contributed by atoms with Crippen LogP contribution in [-0.2, 0) is 4.74 Å². The third-order valence-electron chi connectivity index (χ3n) is 1.85. The lowest BCUT2D eigenvalue weighted by Gasteiger charge is -2.23. The summed E-state index contributed by atoms with van der Waals surface area (Å²) in [5.74, 6) is 0. The van der Waals surface area contributed by atoms with Crippen molar-refractivity contribution in [2.75, 3.05) is 19.7 Å². The lowest BCUT2D eigenvalue weighted by Crippen LogP contribution is -2.37. The van der Waals surface area contributed by atoms with Crippen LogP contribution in [0.15, 0.2) is 0 Å². The summed E-state index contributed by atoms with van der Waals surface area (Å²) < 4.78 is 5.56. The van der Waals surface area contributed by atoms with E-state index in [1.807, 2.05) is 6.92 Å². The lowest BCUT2D eigenvalue weighted by atomic mass is 10.1. The van der Waals surface area contributed by atoms with Crippen LogP contribution >= 0.6 is 0 Å². The number of hydrogen-bond donors (Lipinski definition) is 2. The Labute approximate surface area is 68.3 Å². The zero-order valence-electron chi connectivity index (χ0n) is 7.18. The Morgan fingerprint density at radius 3 is 3.09 bits per heavy atom. The molecule has 66 valence electrons. The molecule has 0 aromatic rings. The van der Waals surface area contributed by atoms with E-state index < -0.39 is 0 Å². The molecule has 11 heavy (non-hydrogen) atoms. The van der Waals surface area contributed by atoms with Crippen molar-refractivity contribution >= 4 is 0 Å². The second-order valence-corrected chi connectivity index (χ2v) is 3.28. The van der Waals surface area contributed by atoms with E-state index in [-0.39, 0.29) is 6.04 Å². The molecule has 0 spiro atoms. The Bertz CT molecular complexity index is 100. The smallest absolute Gasteiger partial charge is 0.0700 e. The topological polar surface area (TPSA) is 47.3 Å². The number of nitrogens with one attached hydrogen (secondary N) is 1. The molecule has 3 N–H and O–H groups in total. The summed E-state index contributed by atoms with van der Waals surface area (Å²) in [6.45, 7) is 4.79. The minimum absolute atomic E-state index is 0.164. The highest BCUT2D eigenvalue weighted by Crippen LogP contribution is 2.05. The quantitative estimate of drug-likeness (QED) is 0.612. The average Bonchev–Trinajstić information content (AvgIpc) is 2.03. The van der Waals surface area contributed by atoms with Crippen molar-refractivity contribution in [2.24, 2.45) is 5.73 Å². The van der Waals surface area contributed by atoms with Gasteiger partial charge in [0.1, 0.15) is 0 Å². The van der Waals surface area contributed by atoms with Crippen LogP contribution in [0.5, 0.6) is 0 Å². The number of rotatable bonds is 3. The second-order valence-electron chi connectivity index (χ2n) is 3.28. The molecule has 2 atom stereocenters. The van der Waals surface area contributed by atoms with E-state index in [1.165, 1.54) is 12.8 Å². The van der Waals surface area contributed by atoms with Crippen LogP contribution < -0.4 is 11.1 Å². The molecular weight excluding hydrogens is 140 g/mol. The molecule has 0 aliphatic carbocycles. The fourth-order valence-corrected chi connectivity index (χ4v) is 1.25. The van der Waals surface area contributed by atoms with Crippen LogP contribution in [0.3, 0.4) is 0 Å². The van der Waals surface area contributed by atoms with Crippen molar-refractivity contribution in [1.29, 1.82) is 0 Å². The SMILES string of the molecule is CC(N)COC1CCCNC1. The molecule has 0 aromatic carbocycles. The summed E-state index contributed by atoms with van der Waals surface area (Å²) >= 11 is 0. The summed E-state index contributed by atoms with van der Waals surface area (Å²) in [7, 11) is 0. The zero-order chi connectivity index (χ0) is 8.10. The van der Waals surface area contributed by atoms with E-state index in [9.17, 15) is 0 Å². The number of piperidine rings is 1. The van der Waals surface area contributed by atoms with Gasteiger partial charge in [0.2, 0.25) is 0 Å². The summed E-state index contributed by atoms with van der Waals surface area (Å²) in [5, 5.41) is 3.29. The van der Waals surface area contributed by atoms with Gasteiger partial charge in [0.25, 0.3) is 0 Å². The van der Waals surface area contributed by atoms with Gasteiger partial charge in [-0.1, -0.05) is 0 Å². The predicted octanol–water partition coefficient (Wildman–Crippen LogP) is 0.102. The van der Waals surface area contributed by atoms with Gasteiger partial charge in [0, 0.05) is 12.6 Å². The Balaban J connectivity index is 2.05. The highest BCUT2D eigenvalue weighted by atomic mass is 16.5. The molecule has 1 heterocycles. The van der Waals surface area contributed by atoms with E-state index in [1.54, 1.807) is 0 Å². The highest BCUT2D eigenvalue weighted by molar-refractivity contribution is 4.69. The third kappa shape index (κ3) is 3.70. The van der Waals surface area contributed by atoms with Crippen molar-refractivity contribution in [2.45, 2.75) is 31.9 Å². The van der Waals surface area contributed by atoms with Gasteiger partial charge in [-0.05, 0) is 26.3 Å². The molecule has 1 fully saturated rings. The van der Waals surface area contributed by atoms with Crippen LogP contribution in [0.4, 0.5) is 0 Å². The minimum Gasteiger partial charge on any atom is -0.375 e. The molecule has 0 amide bonds. The lowest BCUT2D eigenvalue weighted by molar-refractivity contribution is 0.0313. The van der Waals surface area contributed by atoms with Gasteiger partial charge in [-0.25, -0.2) is 0 Å². The maximum Gasteiger partial charge on any atom is 0.0700 e. The first-order valence-electron chi connectivity index (χ1n) is 4.37. The van der Waals surface area contributed by atoms with E-state index in [0.29, 0.717) is 12.7 Å². The van der Waals surface area contributed by atoms with Crippen LogP contribution in [0.25, 0.3) is 0 Å². The van der Waals surface area contributed by atoms with Gasteiger partial charge in [0.15, 0.2) is 0 Å². The van der Waals surface area contributed by atoms with Gasteiger partial charge in [-0.3, -0.25) is 0 Å². The zero-order valence-corrected chi connectivity index (χ0v) is 7.18. The van der Waals surface area contributed by atoms with Crippen LogP contribution in [0, 0.1) is 0 Å². The van der Waals surface area contributed by atoms with Crippen LogP contribution in [0.1, 0.15) is 19.8 Å². The Hall–Kier alpha value is -0.120. The largest absolute Gasteiger partial charge is 0.375 e. The minimum atomic E-state index is 0.164. The van der Waals surface area contributed by atoms with Crippen molar-refractivity contribution in [1.82, 2.24) is 5.32 Å². The van der Waals surface area contributed by atoms with Gasteiger partial charge >= 0.3 is 0 Å². The van der Waals surface area contributed by atoms with E-state index in [2.05, 4.69) is 5.32 Å². The molecule has 1 rings (SSSR count). The molecule has 1 saturated heterocycles. The average molecular weight is 158 g/mol. The van der Waals surface area contributed by atoms with E-state index >= 15 is 0 Å². The predicted molar refractivity (Wildman–Crippen MR) is 45.5 cm³/mol. The summed E-state index contributed by atoms with van der Waals surface area (Å²) in [4.78, 5) is 0. The van der Waals surface area contributed by atoms with Crippen molar-refractivity contribution in [3.63, 3.8) is 0 Å². The molecule has 2 unspecified atom stereocenters. The Morgan fingerprint density at radius 2 is 2.55 bits per heavy atom. The van der Waals surface area contributed by atoms with Crippen LogP contribution in [0.2, 0.25) is 0 Å². The Morgan fingerprint density at radius 1 is 1.73 bits per heavy atom. The standard InChI is InChI=1S/C8H18N2O/c1-7(9)6-11-8-3-2-4-10-5-8/h7-8,10H,2-6,9H2,1H3. The molecule has 0 bridgehead atoms. The van der Waals surface area contributed by atoms with Crippen molar-refractivity contribution in [3.05, 3.63) is 0 Å². The first-order chi connectivity index (χ1) is 5.29. The van der Waals surface area contributed by atoms with E-state index in [0.717, 1.165) is 13.1 Å². The maximum atomic E-state index is 5.56. The molecule has 3 nitrogen and oxygen atoms in total. The third-order valence-corrected chi connectivity index (χ3v) is 1.85. The highest BCUT2D eigenvalue weighted by Gasteiger charge is 2.12. The molecule has 3 heteroatoms. The Kier molecular flexibility index (Phi) is 3.83. The van der Waals surface area contributed by atoms with E-state index in [4.69, 9.17) is 10.5 Å². The molecular formula is C8H18N2O. The summed E-state index contributed by atoms with van der Waals surface area (Å²) in [6.07, 6.45) is 2.80. The number of hydrogen-bond acceptors (Lipinski definition) is 3. The maximum absolute atomic E-state index is 5.56. The van der Waals surface area contributed by atoms with Gasteiger partial charge in [-0.2, -0.15) is 0 Å². The fourth-order valence-electron chi connectivity index (χ4n) is 1.25. The number of nitrogens with two attached hydrogens (primary N) is 1. The normalized spacial score (nSPS) is 28.4. The number of ether oxygens (including phenoxy) is 1. The molecule has 0 aromatic heterocycles. The molecule has 0 radical (unpaired) electrons. The molecule has 0 saturated carbocycles. The van der Waals surface area contributed by atoms with Gasteiger partial charge in [0.05, 0.1) is 12.7 Å². The van der Waals surface area contributed by atoms with Crippen LogP contribution in [-0.4, -0.2) is 31.8 Å². The van der Waals surface area contributed by atoms with Crippen molar-refractivity contribution in [3.8, 4) is 0 Å². The molecule has 1 aliphatic heterocycles. The van der Waals surface area contributed by atoms with Gasteiger partial charge < -0.3 is 15.8 Å². The fraction of sp³-hybridized carbons (Fsp3) is 1.00. The monoisotopic (exact) mass is 158 g/mol. The molecule has 1 aliphatic rings. The van der Waals surface area contributed by atoms with Crippen molar-refractivity contribution < 1.29 is 4.74 Å². The second kappa shape index (κ2) is 4.70. The first kappa shape index (κ1) is 8.97. The first-order valence-corrected chi connectivity index (χ1v) is 4.37. The summed E-state index contributed by atoms with van der Waals surface area (Å²) in [6, 6.07) is 0.164.